The van der Waals surface area contributed by atoms with Gasteiger partial charge in [-0.3, -0.25) is 0 Å². The first-order valence-electron chi connectivity index (χ1n) is 10.8. The van der Waals surface area contributed by atoms with Crippen molar-refractivity contribution in [2.75, 3.05) is 18.8 Å². The van der Waals surface area contributed by atoms with E-state index >= 15 is 0 Å². The Bertz CT molecular complexity index is 1400. The number of hydrogen-bond donors (Lipinski definition) is 3. The summed E-state index contributed by atoms with van der Waals surface area (Å²) >= 11 is 0. The van der Waals surface area contributed by atoms with Crippen LogP contribution >= 0.6 is 0 Å². The number of aryl methyl sites for hydroxylation is 1. The average molecular weight is 412 g/mol. The second-order valence-electron chi connectivity index (χ2n) is 8.38. The number of imidazole rings is 1. The highest BCUT2D eigenvalue weighted by molar-refractivity contribution is 5.84. The Morgan fingerprint density at radius 1 is 1.06 bits per heavy atom. The van der Waals surface area contributed by atoms with E-state index in [1.54, 1.807) is 4.68 Å². The Morgan fingerprint density at radius 3 is 2.81 bits per heavy atom. The lowest BCUT2D eigenvalue weighted by Crippen LogP contribution is -2.26. The van der Waals surface area contributed by atoms with Crippen molar-refractivity contribution in [1.29, 1.82) is 0 Å². The molecule has 1 fully saturated rings. The highest BCUT2D eigenvalue weighted by atomic mass is 15.3. The number of nitrogens with zero attached hydrogens (tertiary/aromatic N) is 4. The summed E-state index contributed by atoms with van der Waals surface area (Å²) in [6.45, 7) is 4.15. The number of aromatic nitrogens is 5. The van der Waals surface area contributed by atoms with Crippen molar-refractivity contribution in [3.8, 4) is 11.4 Å². The van der Waals surface area contributed by atoms with Crippen molar-refractivity contribution < 1.29 is 0 Å². The Labute approximate surface area is 179 Å². The molecule has 0 saturated carbocycles. The molecule has 0 atom stereocenters. The van der Waals surface area contributed by atoms with Crippen LogP contribution in [0.1, 0.15) is 30.1 Å². The maximum atomic E-state index is 6.56. The maximum absolute atomic E-state index is 6.56. The molecule has 0 aliphatic carbocycles. The quantitative estimate of drug-likeness (QED) is 0.418. The molecule has 31 heavy (non-hydrogen) atoms. The monoisotopic (exact) mass is 411 g/mol. The number of nitrogen functional groups attached to an aromatic ring is 1. The molecule has 0 amide bonds. The van der Waals surface area contributed by atoms with Crippen LogP contribution in [-0.2, 0) is 0 Å². The number of nitrogens with one attached hydrogen (secondary N) is 2. The summed E-state index contributed by atoms with van der Waals surface area (Å²) < 4.78 is 3.90. The van der Waals surface area contributed by atoms with Crippen LogP contribution < -0.4 is 11.1 Å². The summed E-state index contributed by atoms with van der Waals surface area (Å²) in [7, 11) is 0. The van der Waals surface area contributed by atoms with Crippen LogP contribution in [0.4, 0.5) is 5.82 Å². The van der Waals surface area contributed by atoms with E-state index in [9.17, 15) is 0 Å². The minimum Gasteiger partial charge on any atom is -0.382 e. The Balaban J connectivity index is 1.38. The zero-order valence-corrected chi connectivity index (χ0v) is 17.5. The fourth-order valence-corrected chi connectivity index (χ4v) is 4.78. The van der Waals surface area contributed by atoms with Gasteiger partial charge in [-0.05, 0) is 80.7 Å². The molecule has 1 aliphatic rings. The van der Waals surface area contributed by atoms with Gasteiger partial charge in [-0.1, -0.05) is 6.07 Å². The predicted molar refractivity (Wildman–Crippen MR) is 124 cm³/mol. The molecule has 7 nitrogen and oxygen atoms in total. The molecule has 1 aliphatic heterocycles. The summed E-state index contributed by atoms with van der Waals surface area (Å²) in [5, 5.41) is 9.26. The summed E-state index contributed by atoms with van der Waals surface area (Å²) in [6.07, 6.45) is 6.31. The maximum Gasteiger partial charge on any atom is 0.151 e. The third-order valence-corrected chi connectivity index (χ3v) is 6.40. The topological polar surface area (TPSA) is 89.5 Å². The number of rotatable bonds is 3. The fourth-order valence-electron chi connectivity index (χ4n) is 4.78. The Morgan fingerprint density at radius 2 is 1.94 bits per heavy atom. The van der Waals surface area contributed by atoms with E-state index in [0.717, 1.165) is 46.8 Å². The lowest BCUT2D eigenvalue weighted by atomic mass is 9.90. The van der Waals surface area contributed by atoms with Crippen molar-refractivity contribution in [3.63, 3.8) is 0 Å². The molecule has 3 aromatic heterocycles. The number of aromatic amines is 1. The van der Waals surface area contributed by atoms with E-state index in [1.807, 2.05) is 31.3 Å². The standard InChI is InChI=1S/C24H25N7/c1-15-28-20-4-3-19(13-21(20)29-15)31-24(25)23(14-27-31)30-11-8-18-12-17(2-5-22(18)30)16-6-9-26-10-7-16/h2-5,8,11-14,16,26H,6-7,9-10,25H2,1H3,(H,28,29). The van der Waals surface area contributed by atoms with Gasteiger partial charge in [0.2, 0.25) is 0 Å². The summed E-state index contributed by atoms with van der Waals surface area (Å²) in [5.74, 6) is 2.14. The number of anilines is 1. The van der Waals surface area contributed by atoms with E-state index in [4.69, 9.17) is 5.73 Å². The van der Waals surface area contributed by atoms with Crippen LogP contribution in [0.15, 0.2) is 54.9 Å². The largest absolute Gasteiger partial charge is 0.382 e. The molecule has 4 N–H and O–H groups in total. The molecule has 2 aromatic carbocycles. The third kappa shape index (κ3) is 3.00. The average Bonchev–Trinajstić information content (AvgIpc) is 3.48. The number of benzene rings is 2. The van der Waals surface area contributed by atoms with E-state index in [2.05, 4.69) is 55.4 Å². The van der Waals surface area contributed by atoms with Gasteiger partial charge in [0.1, 0.15) is 11.5 Å². The molecule has 0 spiro atoms. The van der Waals surface area contributed by atoms with Crippen LogP contribution in [0.2, 0.25) is 0 Å². The second kappa shape index (κ2) is 6.99. The molecule has 0 bridgehead atoms. The van der Waals surface area contributed by atoms with E-state index in [1.165, 1.54) is 23.8 Å². The van der Waals surface area contributed by atoms with E-state index in [-0.39, 0.29) is 0 Å². The van der Waals surface area contributed by atoms with E-state index in [0.29, 0.717) is 11.7 Å². The molecule has 0 radical (unpaired) electrons. The first kappa shape index (κ1) is 18.2. The van der Waals surface area contributed by atoms with Gasteiger partial charge in [0.15, 0.2) is 5.82 Å². The number of fused-ring (bicyclic) bond motifs is 2. The smallest absolute Gasteiger partial charge is 0.151 e. The van der Waals surface area contributed by atoms with Gasteiger partial charge in [-0.25, -0.2) is 9.67 Å². The summed E-state index contributed by atoms with van der Waals surface area (Å²) in [5.41, 5.74) is 12.8. The molecule has 0 unspecified atom stereocenters. The van der Waals surface area contributed by atoms with Gasteiger partial charge in [0, 0.05) is 11.6 Å². The number of nitrogens with two attached hydrogens (primary N) is 1. The van der Waals surface area contributed by atoms with Crippen molar-refractivity contribution in [3.05, 3.63) is 66.2 Å². The van der Waals surface area contributed by atoms with Crippen LogP contribution in [0.5, 0.6) is 0 Å². The highest BCUT2D eigenvalue weighted by Crippen LogP contribution is 2.31. The first-order chi connectivity index (χ1) is 15.2. The molecular weight excluding hydrogens is 386 g/mol. The fraction of sp³-hybridized carbons (Fsp3) is 0.250. The van der Waals surface area contributed by atoms with Crippen LogP contribution in [0.3, 0.4) is 0 Å². The third-order valence-electron chi connectivity index (χ3n) is 6.40. The second-order valence-corrected chi connectivity index (χ2v) is 8.38. The van der Waals surface area contributed by atoms with Crippen molar-refractivity contribution in [2.45, 2.75) is 25.7 Å². The lowest BCUT2D eigenvalue weighted by molar-refractivity contribution is 0.460. The van der Waals surface area contributed by atoms with Gasteiger partial charge in [-0.2, -0.15) is 5.10 Å². The summed E-state index contributed by atoms with van der Waals surface area (Å²) in [4.78, 5) is 7.74. The molecule has 156 valence electrons. The minimum absolute atomic E-state index is 0.607. The van der Waals surface area contributed by atoms with Crippen molar-refractivity contribution in [2.24, 2.45) is 0 Å². The van der Waals surface area contributed by atoms with Gasteiger partial charge < -0.3 is 20.6 Å². The zero-order chi connectivity index (χ0) is 20.9. The first-order valence-corrected chi connectivity index (χ1v) is 10.8. The molecule has 4 heterocycles. The highest BCUT2D eigenvalue weighted by Gasteiger charge is 2.17. The SMILES string of the molecule is Cc1nc2ccc(-n3ncc(-n4ccc5cc(C6CCNCC6)ccc54)c3N)cc2[nH]1. The van der Waals surface area contributed by atoms with Gasteiger partial charge >= 0.3 is 0 Å². The molecule has 7 heteroatoms. The molecule has 6 rings (SSSR count). The van der Waals surface area contributed by atoms with Crippen LogP contribution in [0.25, 0.3) is 33.3 Å². The number of H-pyrrole nitrogens is 1. The van der Waals surface area contributed by atoms with Crippen LogP contribution in [0, 0.1) is 6.92 Å². The molecule has 1 saturated heterocycles. The normalized spacial score (nSPS) is 15.3. The van der Waals surface area contributed by atoms with Crippen molar-refractivity contribution >= 4 is 27.8 Å². The van der Waals surface area contributed by atoms with Crippen molar-refractivity contribution in [1.82, 2.24) is 29.6 Å². The predicted octanol–water partition coefficient (Wildman–Crippen LogP) is 4.05. The van der Waals surface area contributed by atoms with E-state index < -0.39 is 0 Å². The number of piperidine rings is 1. The van der Waals surface area contributed by atoms with Gasteiger partial charge in [0.25, 0.3) is 0 Å². The molecular formula is C24H25N7. The van der Waals surface area contributed by atoms with Gasteiger partial charge in [0.05, 0.1) is 28.4 Å². The van der Waals surface area contributed by atoms with Gasteiger partial charge in [-0.15, -0.1) is 0 Å². The lowest BCUT2D eigenvalue weighted by Gasteiger charge is -2.23. The van der Waals surface area contributed by atoms with Crippen LogP contribution in [-0.4, -0.2) is 37.4 Å². The molecule has 5 aromatic rings. The zero-order valence-electron chi connectivity index (χ0n) is 17.5. The Hall–Kier alpha value is -3.58. The summed E-state index contributed by atoms with van der Waals surface area (Å²) in [6, 6.07) is 15.0. The Kier molecular flexibility index (Phi) is 4.11. The number of hydrogen-bond acceptors (Lipinski definition) is 4. The minimum atomic E-state index is 0.607.